The number of rotatable bonds is 4. The number of carbonyl (C=O) groups excluding carboxylic acids is 2. The number of aromatic nitrogens is 2. The summed E-state index contributed by atoms with van der Waals surface area (Å²) in [6, 6.07) is 19.6. The number of nitrogens with one attached hydrogen (secondary N) is 2. The Kier molecular flexibility index (Phi) is 4.58. The van der Waals surface area contributed by atoms with Crippen LogP contribution in [-0.2, 0) is 29.6 Å². The Hall–Kier alpha value is -3.84. The summed E-state index contributed by atoms with van der Waals surface area (Å²) in [6.45, 7) is 0.334. The van der Waals surface area contributed by atoms with Gasteiger partial charge in [-0.05, 0) is 41.7 Å². The van der Waals surface area contributed by atoms with E-state index in [1.165, 1.54) is 0 Å². The van der Waals surface area contributed by atoms with Crippen LogP contribution in [-0.4, -0.2) is 21.8 Å². The molecule has 0 radical (unpaired) electrons. The van der Waals surface area contributed by atoms with Crippen LogP contribution in [0.3, 0.4) is 0 Å². The van der Waals surface area contributed by atoms with Gasteiger partial charge in [-0.2, -0.15) is 0 Å². The standard InChI is InChI=1S/C26H20N4O2S/c31-23(28-14-19-15-33-24(29-19)16-6-2-1-3-7-16)22-10-17-11-26(12-18(17)13-27-22)20-8-4-5-9-21(20)30-25(26)32/h1-10,13,15H,11-12,14H2,(H,28,31)(H,30,32). The maximum Gasteiger partial charge on any atom is 0.270 e. The third kappa shape index (κ3) is 3.32. The minimum absolute atomic E-state index is 0.0173. The SMILES string of the molecule is O=C(NCc1csc(-c2ccccc2)n1)c1cc2c(cn1)CC1(C2)C(=O)Nc2ccccc21. The van der Waals surface area contributed by atoms with E-state index >= 15 is 0 Å². The van der Waals surface area contributed by atoms with Crippen molar-refractivity contribution in [2.75, 3.05) is 5.32 Å². The molecule has 4 aromatic rings. The van der Waals surface area contributed by atoms with E-state index in [2.05, 4.69) is 20.6 Å². The van der Waals surface area contributed by atoms with Crippen molar-refractivity contribution in [3.8, 4) is 10.6 Å². The molecule has 2 aromatic carbocycles. The van der Waals surface area contributed by atoms with Gasteiger partial charge >= 0.3 is 0 Å². The van der Waals surface area contributed by atoms with Gasteiger partial charge in [0.25, 0.3) is 5.91 Å². The van der Waals surface area contributed by atoms with Gasteiger partial charge in [0.15, 0.2) is 0 Å². The van der Waals surface area contributed by atoms with Crippen LogP contribution in [0, 0.1) is 0 Å². The fraction of sp³-hybridized carbons (Fsp3) is 0.154. The molecule has 7 heteroatoms. The van der Waals surface area contributed by atoms with Crippen LogP contribution in [0.5, 0.6) is 0 Å². The van der Waals surface area contributed by atoms with Gasteiger partial charge in [-0.25, -0.2) is 4.98 Å². The Labute approximate surface area is 194 Å². The third-order valence-corrected chi connectivity index (χ3v) is 7.37. The maximum absolute atomic E-state index is 12.9. The quantitative estimate of drug-likeness (QED) is 0.488. The van der Waals surface area contributed by atoms with Crippen LogP contribution >= 0.6 is 11.3 Å². The molecule has 162 valence electrons. The van der Waals surface area contributed by atoms with Crippen LogP contribution in [0.4, 0.5) is 5.69 Å². The molecule has 1 unspecified atom stereocenters. The number of fused-ring (bicyclic) bond motifs is 3. The van der Waals surface area contributed by atoms with Gasteiger partial charge in [-0.15, -0.1) is 11.3 Å². The van der Waals surface area contributed by atoms with E-state index < -0.39 is 5.41 Å². The lowest BCUT2D eigenvalue weighted by Crippen LogP contribution is -2.35. The molecule has 0 fully saturated rings. The number of thiazole rings is 1. The number of benzene rings is 2. The van der Waals surface area contributed by atoms with Crippen LogP contribution < -0.4 is 10.6 Å². The van der Waals surface area contributed by atoms with Crippen molar-refractivity contribution in [2.24, 2.45) is 0 Å². The zero-order valence-corrected chi connectivity index (χ0v) is 18.5. The summed E-state index contributed by atoms with van der Waals surface area (Å²) in [5.41, 5.74) is 5.54. The second-order valence-corrected chi connectivity index (χ2v) is 9.32. The Bertz CT molecular complexity index is 1400. The predicted molar refractivity (Wildman–Crippen MR) is 127 cm³/mol. The first kappa shape index (κ1) is 19.8. The Morgan fingerprint density at radius 3 is 2.73 bits per heavy atom. The second-order valence-electron chi connectivity index (χ2n) is 8.47. The first-order chi connectivity index (χ1) is 16.1. The summed E-state index contributed by atoms with van der Waals surface area (Å²) < 4.78 is 0. The average Bonchev–Trinajstić information content (AvgIpc) is 3.54. The molecular formula is C26H20N4O2S. The van der Waals surface area contributed by atoms with Gasteiger partial charge in [0, 0.05) is 22.8 Å². The van der Waals surface area contributed by atoms with E-state index in [0.717, 1.165) is 38.6 Å². The number of amides is 2. The molecule has 1 aliphatic heterocycles. The molecule has 6 rings (SSSR count). The Balaban J connectivity index is 1.17. The highest BCUT2D eigenvalue weighted by molar-refractivity contribution is 7.13. The van der Waals surface area contributed by atoms with Gasteiger partial charge in [0.05, 0.1) is 17.7 Å². The number of nitrogens with zero attached hydrogens (tertiary/aromatic N) is 2. The normalized spacial score (nSPS) is 18.1. The lowest BCUT2D eigenvalue weighted by Gasteiger charge is -2.20. The van der Waals surface area contributed by atoms with Gasteiger partial charge in [-0.3, -0.25) is 14.6 Å². The van der Waals surface area contributed by atoms with Crippen LogP contribution in [0.2, 0.25) is 0 Å². The van der Waals surface area contributed by atoms with E-state index in [0.29, 0.717) is 25.1 Å². The number of hydrogen-bond donors (Lipinski definition) is 2. The summed E-state index contributed by atoms with van der Waals surface area (Å²) in [6.07, 6.45) is 2.91. The number of hydrogen-bond acceptors (Lipinski definition) is 5. The lowest BCUT2D eigenvalue weighted by molar-refractivity contribution is -0.120. The minimum Gasteiger partial charge on any atom is -0.345 e. The van der Waals surface area contributed by atoms with E-state index in [-0.39, 0.29) is 11.8 Å². The zero-order valence-electron chi connectivity index (χ0n) is 17.7. The summed E-state index contributed by atoms with van der Waals surface area (Å²) in [4.78, 5) is 34.7. The molecule has 33 heavy (non-hydrogen) atoms. The molecule has 2 aromatic heterocycles. The van der Waals surface area contributed by atoms with Crippen molar-refractivity contribution in [1.82, 2.24) is 15.3 Å². The van der Waals surface area contributed by atoms with Crippen LogP contribution in [0.1, 0.15) is 32.9 Å². The van der Waals surface area contributed by atoms with E-state index in [9.17, 15) is 9.59 Å². The Morgan fingerprint density at radius 1 is 1.06 bits per heavy atom. The summed E-state index contributed by atoms with van der Waals surface area (Å²) >= 11 is 1.56. The first-order valence-electron chi connectivity index (χ1n) is 10.8. The lowest BCUT2D eigenvalue weighted by atomic mass is 9.79. The number of carbonyl (C=O) groups is 2. The van der Waals surface area contributed by atoms with Crippen molar-refractivity contribution in [2.45, 2.75) is 24.8 Å². The third-order valence-electron chi connectivity index (χ3n) is 6.43. The van der Waals surface area contributed by atoms with E-state index in [1.54, 1.807) is 17.5 Å². The smallest absolute Gasteiger partial charge is 0.270 e. The number of para-hydroxylation sites is 1. The largest absolute Gasteiger partial charge is 0.345 e. The second kappa shape index (κ2) is 7.64. The fourth-order valence-corrected chi connectivity index (χ4v) is 5.60. The molecule has 6 nitrogen and oxygen atoms in total. The van der Waals surface area contributed by atoms with E-state index in [4.69, 9.17) is 0 Å². The molecule has 1 atom stereocenters. The van der Waals surface area contributed by atoms with Crippen molar-refractivity contribution in [3.05, 3.63) is 100 Å². The molecule has 2 aliphatic rings. The summed E-state index contributed by atoms with van der Waals surface area (Å²) in [5.74, 6) is -0.229. The van der Waals surface area contributed by atoms with Crippen molar-refractivity contribution in [3.63, 3.8) is 0 Å². The minimum atomic E-state index is -0.607. The molecule has 0 saturated carbocycles. The molecule has 0 saturated heterocycles. The molecular weight excluding hydrogens is 432 g/mol. The molecule has 0 bridgehead atoms. The summed E-state index contributed by atoms with van der Waals surface area (Å²) in [5, 5.41) is 8.81. The fourth-order valence-electron chi connectivity index (χ4n) is 4.77. The van der Waals surface area contributed by atoms with Gasteiger partial charge in [0.1, 0.15) is 10.7 Å². The van der Waals surface area contributed by atoms with Crippen molar-refractivity contribution >= 4 is 28.8 Å². The molecule has 1 aliphatic carbocycles. The molecule has 2 amide bonds. The van der Waals surface area contributed by atoms with Gasteiger partial charge in [-0.1, -0.05) is 48.5 Å². The van der Waals surface area contributed by atoms with Crippen LogP contribution in [0.25, 0.3) is 10.6 Å². The monoisotopic (exact) mass is 452 g/mol. The van der Waals surface area contributed by atoms with Gasteiger partial charge in [0.2, 0.25) is 5.91 Å². The number of pyridine rings is 1. The van der Waals surface area contributed by atoms with E-state index in [1.807, 2.05) is 66.0 Å². The molecule has 3 heterocycles. The van der Waals surface area contributed by atoms with Gasteiger partial charge < -0.3 is 10.6 Å². The topological polar surface area (TPSA) is 84.0 Å². The van der Waals surface area contributed by atoms with Crippen molar-refractivity contribution < 1.29 is 9.59 Å². The average molecular weight is 453 g/mol. The zero-order chi connectivity index (χ0) is 22.4. The first-order valence-corrected chi connectivity index (χ1v) is 11.7. The highest BCUT2D eigenvalue weighted by atomic mass is 32.1. The van der Waals surface area contributed by atoms with Crippen LogP contribution in [0.15, 0.2) is 72.2 Å². The molecule has 2 N–H and O–H groups in total. The summed E-state index contributed by atoms with van der Waals surface area (Å²) in [7, 11) is 0. The highest BCUT2D eigenvalue weighted by Crippen LogP contribution is 2.47. The maximum atomic E-state index is 12.9. The Morgan fingerprint density at radius 2 is 1.85 bits per heavy atom. The highest BCUT2D eigenvalue weighted by Gasteiger charge is 2.50. The number of anilines is 1. The van der Waals surface area contributed by atoms with Crippen molar-refractivity contribution in [1.29, 1.82) is 0 Å². The molecule has 1 spiro atoms. The predicted octanol–water partition coefficient (Wildman–Crippen LogP) is 4.12.